The number of carbonyl (C=O) groups is 2. The van der Waals surface area contributed by atoms with Gasteiger partial charge in [-0.1, -0.05) is 25.7 Å². The summed E-state index contributed by atoms with van der Waals surface area (Å²) in [5.41, 5.74) is 0. The van der Waals surface area contributed by atoms with Crippen molar-refractivity contribution in [1.82, 2.24) is 15.5 Å². The van der Waals surface area contributed by atoms with Crippen molar-refractivity contribution >= 4 is 12.6 Å². The Balaban J connectivity index is 1.99. The van der Waals surface area contributed by atoms with Crippen LogP contribution in [0.5, 0.6) is 0 Å². The standard InChI is InChI=1S/C17H33N3O2/c21-15-12-19-11-10-18-9-5-3-7-14-20-13-6-2-1-4-8-17(20)16-22/h15-19H,1-14H2. The lowest BCUT2D eigenvalue weighted by Gasteiger charge is -2.30. The highest BCUT2D eigenvalue weighted by Crippen LogP contribution is 2.16. The first-order valence-corrected chi connectivity index (χ1v) is 8.93. The molecule has 0 aromatic heterocycles. The lowest BCUT2D eigenvalue weighted by atomic mass is 10.0. The molecule has 2 N–H and O–H groups in total. The number of hydrogen-bond acceptors (Lipinski definition) is 5. The molecule has 0 bridgehead atoms. The van der Waals surface area contributed by atoms with Crippen LogP contribution in [0.3, 0.4) is 0 Å². The van der Waals surface area contributed by atoms with Gasteiger partial charge in [0.1, 0.15) is 12.6 Å². The van der Waals surface area contributed by atoms with E-state index in [0.717, 1.165) is 51.7 Å². The third-order valence-corrected chi connectivity index (χ3v) is 4.33. The van der Waals surface area contributed by atoms with Gasteiger partial charge in [0.05, 0.1) is 12.6 Å². The Bertz CT molecular complexity index is 287. The highest BCUT2D eigenvalue weighted by molar-refractivity contribution is 5.57. The monoisotopic (exact) mass is 311 g/mol. The number of likely N-dealkylation sites (tertiary alicyclic amines) is 1. The minimum Gasteiger partial charge on any atom is -0.315 e. The van der Waals surface area contributed by atoms with Crippen molar-refractivity contribution in [1.29, 1.82) is 0 Å². The third kappa shape index (κ3) is 9.28. The quantitative estimate of drug-likeness (QED) is 0.421. The summed E-state index contributed by atoms with van der Waals surface area (Å²) in [5.74, 6) is 0. The van der Waals surface area contributed by atoms with E-state index in [-0.39, 0.29) is 6.04 Å². The van der Waals surface area contributed by atoms with Crippen LogP contribution in [-0.2, 0) is 9.59 Å². The maximum atomic E-state index is 11.2. The molecule has 5 nitrogen and oxygen atoms in total. The number of aldehydes is 2. The Hall–Kier alpha value is -0.780. The van der Waals surface area contributed by atoms with E-state index in [1.54, 1.807) is 0 Å². The lowest BCUT2D eigenvalue weighted by Crippen LogP contribution is -2.39. The number of hydrogen-bond donors (Lipinski definition) is 2. The van der Waals surface area contributed by atoms with Crippen LogP contribution in [0.25, 0.3) is 0 Å². The van der Waals surface area contributed by atoms with E-state index in [4.69, 9.17) is 0 Å². The summed E-state index contributed by atoms with van der Waals surface area (Å²) in [6.45, 7) is 5.37. The van der Waals surface area contributed by atoms with E-state index < -0.39 is 0 Å². The molecule has 0 saturated carbocycles. The predicted octanol–water partition coefficient (Wildman–Crippen LogP) is 1.37. The Morgan fingerprint density at radius 2 is 1.73 bits per heavy atom. The van der Waals surface area contributed by atoms with Gasteiger partial charge in [0, 0.05) is 13.1 Å². The summed E-state index contributed by atoms with van der Waals surface area (Å²) >= 11 is 0. The van der Waals surface area contributed by atoms with Crippen LogP contribution in [0.1, 0.15) is 51.4 Å². The van der Waals surface area contributed by atoms with E-state index in [9.17, 15) is 9.59 Å². The Labute approximate surface area is 135 Å². The minimum absolute atomic E-state index is 0.155. The molecule has 1 rings (SSSR count). The SMILES string of the molecule is O=CCNCCNCCCCCN1CCCCCCC1C=O. The predicted molar refractivity (Wildman–Crippen MR) is 90.2 cm³/mol. The van der Waals surface area contributed by atoms with Crippen molar-refractivity contribution in [2.45, 2.75) is 57.4 Å². The van der Waals surface area contributed by atoms with Crippen molar-refractivity contribution in [3.8, 4) is 0 Å². The van der Waals surface area contributed by atoms with Crippen molar-refractivity contribution in [2.75, 3.05) is 39.3 Å². The van der Waals surface area contributed by atoms with Crippen LogP contribution in [-0.4, -0.2) is 62.8 Å². The molecule has 22 heavy (non-hydrogen) atoms. The van der Waals surface area contributed by atoms with Gasteiger partial charge in [-0.05, 0) is 45.3 Å². The van der Waals surface area contributed by atoms with E-state index >= 15 is 0 Å². The number of rotatable bonds is 12. The Kier molecular flexibility index (Phi) is 12.1. The first-order chi connectivity index (χ1) is 10.9. The van der Waals surface area contributed by atoms with Gasteiger partial charge in [0.15, 0.2) is 0 Å². The Morgan fingerprint density at radius 1 is 0.909 bits per heavy atom. The van der Waals surface area contributed by atoms with Gasteiger partial charge in [-0.2, -0.15) is 0 Å². The van der Waals surface area contributed by atoms with Gasteiger partial charge in [-0.15, -0.1) is 0 Å². The average molecular weight is 311 g/mol. The molecule has 0 radical (unpaired) electrons. The Morgan fingerprint density at radius 3 is 2.55 bits per heavy atom. The van der Waals surface area contributed by atoms with Crippen LogP contribution in [0.2, 0.25) is 0 Å². The molecule has 0 aromatic rings. The molecule has 0 aliphatic carbocycles. The molecule has 0 amide bonds. The van der Waals surface area contributed by atoms with Crippen molar-refractivity contribution in [2.24, 2.45) is 0 Å². The molecule has 0 spiro atoms. The zero-order valence-electron chi connectivity index (χ0n) is 13.9. The smallest absolute Gasteiger partial charge is 0.137 e. The molecule has 1 aliphatic rings. The minimum atomic E-state index is 0.155. The van der Waals surface area contributed by atoms with Crippen molar-refractivity contribution in [3.05, 3.63) is 0 Å². The van der Waals surface area contributed by atoms with E-state index in [0.29, 0.717) is 6.54 Å². The van der Waals surface area contributed by atoms with Crippen LogP contribution >= 0.6 is 0 Å². The summed E-state index contributed by atoms with van der Waals surface area (Å²) in [5, 5.41) is 6.40. The van der Waals surface area contributed by atoms with Gasteiger partial charge in [-0.25, -0.2) is 0 Å². The van der Waals surface area contributed by atoms with Crippen LogP contribution in [0, 0.1) is 0 Å². The maximum Gasteiger partial charge on any atom is 0.137 e. The summed E-state index contributed by atoms with van der Waals surface area (Å²) in [6, 6.07) is 0.155. The van der Waals surface area contributed by atoms with Gasteiger partial charge >= 0.3 is 0 Å². The fourth-order valence-electron chi connectivity index (χ4n) is 3.01. The number of carbonyl (C=O) groups excluding carboxylic acids is 2. The van der Waals surface area contributed by atoms with E-state index in [1.165, 1.54) is 44.9 Å². The zero-order chi connectivity index (χ0) is 15.9. The average Bonchev–Trinajstić information content (AvgIpc) is 2.51. The summed E-state index contributed by atoms with van der Waals surface area (Å²) < 4.78 is 0. The molecule has 1 aliphatic heterocycles. The largest absolute Gasteiger partial charge is 0.315 e. The molecule has 128 valence electrons. The molecule has 1 heterocycles. The molecular formula is C17H33N3O2. The second-order valence-corrected chi connectivity index (χ2v) is 6.12. The number of unbranched alkanes of at least 4 members (excludes halogenated alkanes) is 2. The van der Waals surface area contributed by atoms with Crippen LogP contribution in [0.15, 0.2) is 0 Å². The third-order valence-electron chi connectivity index (χ3n) is 4.33. The molecule has 5 heteroatoms. The van der Waals surface area contributed by atoms with Gasteiger partial charge in [-0.3, -0.25) is 4.90 Å². The molecule has 1 atom stereocenters. The second kappa shape index (κ2) is 13.9. The molecule has 0 aromatic carbocycles. The van der Waals surface area contributed by atoms with Gasteiger partial charge in [0.2, 0.25) is 0 Å². The number of nitrogens with one attached hydrogen (secondary N) is 2. The fourth-order valence-corrected chi connectivity index (χ4v) is 3.01. The molecule has 1 saturated heterocycles. The van der Waals surface area contributed by atoms with Gasteiger partial charge < -0.3 is 20.2 Å². The zero-order valence-corrected chi connectivity index (χ0v) is 13.9. The highest BCUT2D eigenvalue weighted by Gasteiger charge is 2.18. The summed E-state index contributed by atoms with van der Waals surface area (Å²) in [6.07, 6.45) is 11.7. The van der Waals surface area contributed by atoms with Gasteiger partial charge in [0.25, 0.3) is 0 Å². The maximum absolute atomic E-state index is 11.2. The van der Waals surface area contributed by atoms with Crippen LogP contribution < -0.4 is 10.6 Å². The molecule has 1 fully saturated rings. The normalized spacial score (nSPS) is 20.3. The number of nitrogens with zero attached hydrogens (tertiary/aromatic N) is 1. The first kappa shape index (κ1) is 19.3. The van der Waals surface area contributed by atoms with E-state index in [1.807, 2.05) is 0 Å². The summed E-state index contributed by atoms with van der Waals surface area (Å²) in [7, 11) is 0. The molecule has 1 unspecified atom stereocenters. The fraction of sp³-hybridized carbons (Fsp3) is 0.882. The highest BCUT2D eigenvalue weighted by atomic mass is 16.1. The van der Waals surface area contributed by atoms with Crippen molar-refractivity contribution in [3.63, 3.8) is 0 Å². The topological polar surface area (TPSA) is 61.4 Å². The van der Waals surface area contributed by atoms with Crippen LogP contribution in [0.4, 0.5) is 0 Å². The summed E-state index contributed by atoms with van der Waals surface area (Å²) in [4.78, 5) is 23.7. The lowest BCUT2D eigenvalue weighted by molar-refractivity contribution is -0.113. The van der Waals surface area contributed by atoms with E-state index in [2.05, 4.69) is 15.5 Å². The molecular weight excluding hydrogens is 278 g/mol. The van der Waals surface area contributed by atoms with Crippen molar-refractivity contribution < 1.29 is 9.59 Å². The first-order valence-electron chi connectivity index (χ1n) is 8.93. The second-order valence-electron chi connectivity index (χ2n) is 6.12.